The summed E-state index contributed by atoms with van der Waals surface area (Å²) in [7, 11) is -5.39. The Balaban J connectivity index is -0.0000000800. The van der Waals surface area contributed by atoms with Gasteiger partial charge in [0.2, 0.25) is 0 Å². The molecule has 0 atom stereocenters. The molecule has 0 aliphatic heterocycles. The number of hydrogen-bond donors (Lipinski definition) is 0. The Bertz CT molecular complexity index is 57.8. The molecule has 0 fully saturated rings. The summed E-state index contributed by atoms with van der Waals surface area (Å²) in [6, 6.07) is 0. The predicted octanol–water partition coefficient (Wildman–Crippen LogP) is -2.83. The third-order valence-corrected chi connectivity index (χ3v) is 0. The van der Waals surface area contributed by atoms with E-state index >= 15 is 0 Å². The van der Waals surface area contributed by atoms with Crippen LogP contribution in [-0.4, -0.2) is 0 Å². The van der Waals surface area contributed by atoms with E-state index in [2.05, 4.69) is 0 Å². The van der Waals surface area contributed by atoms with Crippen LogP contribution in [0.3, 0.4) is 0 Å². The third-order valence-electron chi connectivity index (χ3n) is 0. The van der Waals surface area contributed by atoms with Crippen LogP contribution in [0.2, 0.25) is 0 Å². The number of hydrogen-bond acceptors (Lipinski definition) is 4. The molecule has 0 saturated heterocycles. The fraction of sp³-hybridized carbons (Fsp3) is 0. The first-order valence-corrected chi connectivity index (χ1v) is 2.19. The van der Waals surface area contributed by atoms with E-state index in [4.69, 9.17) is 19.2 Å². The zero-order valence-electron chi connectivity index (χ0n) is 3.16. The maximum absolute atomic E-state index is 8.55. The Morgan fingerprint density at radius 2 is 1.14 bits per heavy atom. The normalized spacial score (nSPS) is 8.43. The van der Waals surface area contributed by atoms with E-state index in [1.165, 1.54) is 0 Å². The van der Waals surface area contributed by atoms with Crippen LogP contribution in [-0.2, 0) is 37.3 Å². The Kier molecular flexibility index (Phi) is 15.6. The summed E-state index contributed by atoms with van der Waals surface area (Å²) >= 11 is 0. The second kappa shape index (κ2) is 6.71. The molecule has 0 aromatic rings. The van der Waals surface area contributed by atoms with Crippen molar-refractivity contribution >= 4 is 7.82 Å². The van der Waals surface area contributed by atoms with Crippen molar-refractivity contribution in [1.82, 2.24) is 0 Å². The van der Waals surface area contributed by atoms with Crippen molar-refractivity contribution in [2.24, 2.45) is 0 Å². The second-order valence-corrected chi connectivity index (χ2v) is 1.34. The standard InChI is InChI=1S/Ce.H3O4P.Y/c;1-5(2,3)4;/h;(H3,1,2,3,4);/q+3;;+3/p-3. The molecule has 33 valence electrons. The van der Waals surface area contributed by atoms with Crippen molar-refractivity contribution in [3.63, 3.8) is 0 Å². The van der Waals surface area contributed by atoms with Crippen molar-refractivity contribution in [2.75, 3.05) is 0 Å². The summed E-state index contributed by atoms with van der Waals surface area (Å²) in [5.41, 5.74) is 0. The SMILES string of the molecule is O=P([O-])([O-])[O-].[Ce+3].[Y+3]. The molecule has 0 aliphatic carbocycles. The number of rotatable bonds is 0. The van der Waals surface area contributed by atoms with Gasteiger partial charge in [0.05, 0.1) is 0 Å². The van der Waals surface area contributed by atoms with Crippen LogP contribution < -0.4 is 14.7 Å². The van der Waals surface area contributed by atoms with E-state index in [-0.39, 0.29) is 74.5 Å². The molecule has 0 N–H and O–H groups in total. The smallest absolute Gasteiger partial charge is 0.822 e. The molecular formula is CeO4PY+3. The largest absolute Gasteiger partial charge is 3.00 e. The Labute approximate surface area is 99.6 Å². The average Bonchev–Trinajstić information content (AvgIpc) is 0.722. The molecule has 0 aliphatic rings. The Morgan fingerprint density at radius 3 is 1.14 bits per heavy atom. The molecule has 0 saturated carbocycles. The molecule has 0 rings (SSSR count). The van der Waals surface area contributed by atoms with Crippen LogP contribution in [0.5, 0.6) is 0 Å². The minimum absolute atomic E-state index is 0. The van der Waals surface area contributed by atoms with Crippen LogP contribution >= 0.6 is 7.82 Å². The van der Waals surface area contributed by atoms with E-state index in [1.807, 2.05) is 0 Å². The van der Waals surface area contributed by atoms with Gasteiger partial charge in [-0.1, -0.05) is 0 Å². The summed E-state index contributed by atoms with van der Waals surface area (Å²) in [6.07, 6.45) is 0. The van der Waals surface area contributed by atoms with Crippen molar-refractivity contribution in [1.29, 1.82) is 0 Å². The third kappa shape index (κ3) is 55.6. The first-order valence-electron chi connectivity index (χ1n) is 0.730. The Morgan fingerprint density at radius 1 is 1.14 bits per heavy atom. The summed E-state index contributed by atoms with van der Waals surface area (Å²) in [5, 5.41) is 0. The molecule has 1 radical (unpaired) electrons. The maximum atomic E-state index is 8.55. The van der Waals surface area contributed by atoms with E-state index in [1.54, 1.807) is 0 Å². The van der Waals surface area contributed by atoms with Crippen LogP contribution in [0.15, 0.2) is 0 Å². The van der Waals surface area contributed by atoms with E-state index in [0.29, 0.717) is 0 Å². The molecule has 7 heavy (non-hydrogen) atoms. The van der Waals surface area contributed by atoms with Crippen LogP contribution in [0.1, 0.15) is 0 Å². The average molecular weight is 324 g/mol. The number of phosphoric acid groups is 1. The van der Waals surface area contributed by atoms with Crippen LogP contribution in [0.4, 0.5) is 0 Å². The molecule has 4 nitrogen and oxygen atoms in total. The maximum Gasteiger partial charge on any atom is 3.00 e. The molecule has 0 aromatic heterocycles. The van der Waals surface area contributed by atoms with Gasteiger partial charge >= 0.3 is 74.5 Å². The zero-order chi connectivity index (χ0) is 4.50. The van der Waals surface area contributed by atoms with Crippen molar-refractivity contribution in [3.05, 3.63) is 0 Å². The minimum atomic E-state index is -5.39. The summed E-state index contributed by atoms with van der Waals surface area (Å²) in [6.45, 7) is 0. The van der Waals surface area contributed by atoms with Gasteiger partial charge in [0, 0.05) is 0 Å². The summed E-state index contributed by atoms with van der Waals surface area (Å²) < 4.78 is 8.55. The van der Waals surface area contributed by atoms with Gasteiger partial charge in [-0.15, -0.1) is 0 Å². The predicted molar refractivity (Wildman–Crippen MR) is 7.61 cm³/mol. The zero-order valence-corrected chi connectivity index (χ0v) is 10.0. The Hall–Kier alpha value is 2.59. The van der Waals surface area contributed by atoms with Gasteiger partial charge < -0.3 is 19.2 Å². The van der Waals surface area contributed by atoms with E-state index in [0.717, 1.165) is 0 Å². The molecule has 0 unspecified atom stereocenters. The fourth-order valence-electron chi connectivity index (χ4n) is 0. The summed E-state index contributed by atoms with van der Waals surface area (Å²) in [5.74, 6) is 0. The summed E-state index contributed by atoms with van der Waals surface area (Å²) in [4.78, 5) is 25.6. The van der Waals surface area contributed by atoms with Gasteiger partial charge in [-0.05, 0) is 0 Å². The van der Waals surface area contributed by atoms with Gasteiger partial charge in [-0.2, -0.15) is 7.82 Å². The second-order valence-electron chi connectivity index (χ2n) is 0.447. The van der Waals surface area contributed by atoms with Crippen molar-refractivity contribution in [2.45, 2.75) is 0 Å². The molecule has 7 heteroatoms. The van der Waals surface area contributed by atoms with E-state index < -0.39 is 7.82 Å². The first-order chi connectivity index (χ1) is 2.00. The van der Waals surface area contributed by atoms with E-state index in [9.17, 15) is 0 Å². The van der Waals surface area contributed by atoms with Crippen molar-refractivity contribution < 1.29 is 93.7 Å². The van der Waals surface area contributed by atoms with Gasteiger partial charge in [-0.3, -0.25) is 0 Å². The topological polar surface area (TPSA) is 86.2 Å². The molecule has 0 aromatic carbocycles. The van der Waals surface area contributed by atoms with Crippen LogP contribution in [0, 0.1) is 41.7 Å². The van der Waals surface area contributed by atoms with Gasteiger partial charge in [0.25, 0.3) is 0 Å². The molecule has 0 amide bonds. The molecule has 0 bridgehead atoms. The minimum Gasteiger partial charge on any atom is -0.822 e. The first kappa shape index (κ1) is 16.3. The van der Waals surface area contributed by atoms with Gasteiger partial charge in [0.1, 0.15) is 0 Å². The monoisotopic (exact) mass is 324 g/mol. The molecule has 0 spiro atoms. The van der Waals surface area contributed by atoms with Gasteiger partial charge in [-0.25, -0.2) is 0 Å². The van der Waals surface area contributed by atoms with Gasteiger partial charge in [0.15, 0.2) is 0 Å². The quantitative estimate of drug-likeness (QED) is 0.450. The fourth-order valence-corrected chi connectivity index (χ4v) is 0. The van der Waals surface area contributed by atoms with Crippen molar-refractivity contribution in [3.8, 4) is 0 Å². The van der Waals surface area contributed by atoms with Crippen LogP contribution in [0.25, 0.3) is 0 Å². The molecular weight excluding hydrogens is 324 g/mol. The molecule has 0 heterocycles.